The maximum absolute atomic E-state index is 5.95. The van der Waals surface area contributed by atoms with E-state index in [-0.39, 0.29) is 0 Å². The van der Waals surface area contributed by atoms with Crippen molar-refractivity contribution in [2.45, 2.75) is 19.9 Å². The SMILES string of the molecule is CC(C)[N+]1=C=[N+](c2cccc3c2oc2ncccc23)C=C1. The van der Waals surface area contributed by atoms with E-state index in [1.165, 1.54) is 0 Å². The molecule has 1 aliphatic heterocycles. The van der Waals surface area contributed by atoms with Gasteiger partial charge in [0, 0.05) is 23.0 Å². The van der Waals surface area contributed by atoms with Crippen LogP contribution in [0.2, 0.25) is 0 Å². The highest BCUT2D eigenvalue weighted by Gasteiger charge is 2.25. The van der Waals surface area contributed by atoms with E-state index in [9.17, 15) is 0 Å². The number of furan rings is 1. The molecule has 1 aromatic carbocycles. The number of rotatable bonds is 2. The minimum Gasteiger partial charge on any atom is -0.431 e. The third kappa shape index (κ3) is 1.81. The molecule has 0 saturated carbocycles. The fourth-order valence-electron chi connectivity index (χ4n) is 2.56. The molecule has 0 atom stereocenters. The summed E-state index contributed by atoms with van der Waals surface area (Å²) in [5.74, 6) is 0. The fourth-order valence-corrected chi connectivity index (χ4v) is 2.56. The second-order valence-electron chi connectivity index (χ2n) is 5.38. The molecule has 3 heterocycles. The van der Waals surface area contributed by atoms with Crippen molar-refractivity contribution < 1.29 is 13.6 Å². The van der Waals surface area contributed by atoms with Gasteiger partial charge in [-0.1, -0.05) is 15.2 Å². The zero-order valence-corrected chi connectivity index (χ0v) is 11.9. The Balaban J connectivity index is 2.03. The predicted molar refractivity (Wildman–Crippen MR) is 81.0 cm³/mol. The monoisotopic (exact) mass is 277 g/mol. The first-order chi connectivity index (χ1) is 10.2. The van der Waals surface area contributed by atoms with Crippen molar-refractivity contribution >= 4 is 33.8 Å². The van der Waals surface area contributed by atoms with Gasteiger partial charge in [-0.05, 0) is 32.0 Å². The average Bonchev–Trinajstić information content (AvgIpc) is 3.11. The highest BCUT2D eigenvalue weighted by Crippen LogP contribution is 2.33. The van der Waals surface area contributed by atoms with Gasteiger partial charge in [0.25, 0.3) is 11.9 Å². The predicted octanol–water partition coefficient (Wildman–Crippen LogP) is 3.70. The second-order valence-corrected chi connectivity index (χ2v) is 5.38. The molecule has 21 heavy (non-hydrogen) atoms. The number of pyridine rings is 1. The Hall–Kier alpha value is -2.71. The summed E-state index contributed by atoms with van der Waals surface area (Å²) in [6.07, 6.45) is 5.76. The van der Waals surface area contributed by atoms with E-state index in [2.05, 4.69) is 30.9 Å². The van der Waals surface area contributed by atoms with Gasteiger partial charge in [-0.15, -0.1) is 0 Å². The number of hydrogen-bond acceptors (Lipinski definition) is 2. The molecule has 102 valence electrons. The van der Waals surface area contributed by atoms with Crippen LogP contribution in [0.5, 0.6) is 0 Å². The van der Waals surface area contributed by atoms with E-state index >= 15 is 0 Å². The van der Waals surface area contributed by atoms with Gasteiger partial charge in [0.2, 0.25) is 17.5 Å². The number of hydrogen-bond donors (Lipinski definition) is 0. The van der Waals surface area contributed by atoms with Crippen LogP contribution in [0.3, 0.4) is 0 Å². The summed E-state index contributed by atoms with van der Waals surface area (Å²) in [7, 11) is 0. The molecular formula is C17H15N3O+2. The Morgan fingerprint density at radius 2 is 1.95 bits per heavy atom. The van der Waals surface area contributed by atoms with Gasteiger partial charge in [-0.2, -0.15) is 0 Å². The van der Waals surface area contributed by atoms with Crippen LogP contribution in [-0.2, 0) is 0 Å². The Morgan fingerprint density at radius 3 is 2.76 bits per heavy atom. The van der Waals surface area contributed by atoms with Crippen molar-refractivity contribution in [1.29, 1.82) is 0 Å². The summed E-state index contributed by atoms with van der Waals surface area (Å²) in [6.45, 7) is 4.26. The van der Waals surface area contributed by atoms with Gasteiger partial charge in [-0.25, -0.2) is 4.98 Å². The summed E-state index contributed by atoms with van der Waals surface area (Å²) in [4.78, 5) is 4.30. The van der Waals surface area contributed by atoms with Crippen molar-refractivity contribution in [3.63, 3.8) is 0 Å². The topological polar surface area (TPSA) is 32.0 Å². The first kappa shape index (κ1) is 12.1. The minimum atomic E-state index is 0.378. The lowest BCUT2D eigenvalue weighted by molar-refractivity contribution is -0.491. The number of benzene rings is 1. The van der Waals surface area contributed by atoms with Crippen LogP contribution >= 0.6 is 0 Å². The Morgan fingerprint density at radius 1 is 1.10 bits per heavy atom. The Bertz CT molecular complexity index is 956. The van der Waals surface area contributed by atoms with Gasteiger partial charge in [0.1, 0.15) is 0 Å². The fraction of sp³-hybridized carbons (Fsp3) is 0.176. The molecule has 0 aliphatic carbocycles. The van der Waals surface area contributed by atoms with Crippen LogP contribution in [-0.4, -0.2) is 26.2 Å². The summed E-state index contributed by atoms with van der Waals surface area (Å²) in [5, 5.41) is 2.12. The summed E-state index contributed by atoms with van der Waals surface area (Å²) in [6, 6.07) is 13.8. The molecule has 0 N–H and O–H groups in total. The molecule has 0 radical (unpaired) electrons. The van der Waals surface area contributed by atoms with Crippen LogP contribution in [0.15, 0.2) is 53.3 Å². The van der Waals surface area contributed by atoms with E-state index in [0.29, 0.717) is 11.8 Å². The summed E-state index contributed by atoms with van der Waals surface area (Å²) in [5.41, 5.74) is 2.49. The molecule has 0 bridgehead atoms. The molecular weight excluding hydrogens is 262 g/mol. The third-order valence-corrected chi connectivity index (χ3v) is 3.67. The molecule has 0 spiro atoms. The highest BCUT2D eigenvalue weighted by molar-refractivity contribution is 6.06. The van der Waals surface area contributed by atoms with E-state index < -0.39 is 0 Å². The van der Waals surface area contributed by atoms with Gasteiger partial charge < -0.3 is 4.42 Å². The van der Waals surface area contributed by atoms with Gasteiger partial charge in [-0.3, -0.25) is 0 Å². The Kier molecular flexibility index (Phi) is 2.53. The molecule has 1 aliphatic rings. The molecule has 2 aromatic heterocycles. The zero-order valence-electron chi connectivity index (χ0n) is 11.9. The minimum absolute atomic E-state index is 0.378. The van der Waals surface area contributed by atoms with E-state index in [1.807, 2.05) is 45.8 Å². The smallest absolute Gasteiger partial charge is 0.431 e. The standard InChI is InChI=1S/C17H15N3O/c1-12(2)19-9-10-20(11-19)15-7-3-5-13-14-6-4-8-18-17(14)21-16(13)15/h3-10,12H,1-2H3/q+2. The zero-order chi connectivity index (χ0) is 14.4. The number of para-hydroxylation sites is 1. The molecule has 3 aromatic rings. The van der Waals surface area contributed by atoms with Crippen LogP contribution in [0.25, 0.3) is 22.1 Å². The largest absolute Gasteiger partial charge is 0.495 e. The van der Waals surface area contributed by atoms with Crippen LogP contribution in [0, 0.1) is 0 Å². The number of fused-ring (bicyclic) bond motifs is 3. The van der Waals surface area contributed by atoms with E-state index in [4.69, 9.17) is 4.42 Å². The van der Waals surface area contributed by atoms with Crippen molar-refractivity contribution in [3.05, 3.63) is 48.9 Å². The van der Waals surface area contributed by atoms with Crippen LogP contribution < -0.4 is 0 Å². The third-order valence-electron chi connectivity index (χ3n) is 3.67. The lowest BCUT2D eigenvalue weighted by Gasteiger charge is -1.90. The lowest BCUT2D eigenvalue weighted by atomic mass is 10.2. The average molecular weight is 277 g/mol. The first-order valence-electron chi connectivity index (χ1n) is 7.02. The molecule has 4 nitrogen and oxygen atoms in total. The molecule has 4 heteroatoms. The van der Waals surface area contributed by atoms with Gasteiger partial charge >= 0.3 is 6.01 Å². The van der Waals surface area contributed by atoms with Crippen molar-refractivity contribution in [2.75, 3.05) is 0 Å². The molecule has 0 fully saturated rings. The van der Waals surface area contributed by atoms with Crippen LogP contribution in [0.4, 0.5) is 5.69 Å². The number of nitrogens with zero attached hydrogens (tertiary/aromatic N) is 3. The normalized spacial score (nSPS) is 14.2. The molecule has 4 rings (SSSR count). The molecule has 0 unspecified atom stereocenters. The van der Waals surface area contributed by atoms with Crippen LogP contribution in [0.1, 0.15) is 13.8 Å². The first-order valence-corrected chi connectivity index (χ1v) is 7.02. The summed E-state index contributed by atoms with van der Waals surface area (Å²) >= 11 is 0. The van der Waals surface area contributed by atoms with Gasteiger partial charge in [0.05, 0.1) is 0 Å². The quantitative estimate of drug-likeness (QED) is 0.669. The molecule has 0 amide bonds. The maximum Gasteiger partial charge on any atom is 0.495 e. The highest BCUT2D eigenvalue weighted by atomic mass is 16.3. The van der Waals surface area contributed by atoms with Gasteiger partial charge in [0.15, 0.2) is 6.04 Å². The van der Waals surface area contributed by atoms with E-state index in [0.717, 1.165) is 22.0 Å². The second kappa shape index (κ2) is 4.40. The Labute approximate surface area is 122 Å². The van der Waals surface area contributed by atoms with Crippen molar-refractivity contribution in [3.8, 4) is 0 Å². The summed E-state index contributed by atoms with van der Waals surface area (Å²) < 4.78 is 9.95. The number of aromatic nitrogens is 1. The maximum atomic E-state index is 5.95. The van der Waals surface area contributed by atoms with Crippen molar-refractivity contribution in [1.82, 2.24) is 4.98 Å². The van der Waals surface area contributed by atoms with Crippen molar-refractivity contribution in [2.24, 2.45) is 0 Å². The van der Waals surface area contributed by atoms with E-state index in [1.54, 1.807) is 6.20 Å². The lowest BCUT2D eigenvalue weighted by Crippen LogP contribution is -2.11. The molecule has 0 saturated heterocycles.